The lowest BCUT2D eigenvalue weighted by Crippen LogP contribution is -2.34. The summed E-state index contributed by atoms with van der Waals surface area (Å²) in [7, 11) is 0. The molecule has 0 spiro atoms. The third-order valence-corrected chi connectivity index (χ3v) is 11.4. The lowest BCUT2D eigenvalue weighted by atomic mass is 9.94. The highest BCUT2D eigenvalue weighted by Gasteiger charge is 2.31. The molecule has 3 aromatic carbocycles. The molecule has 0 saturated heterocycles. The van der Waals surface area contributed by atoms with Gasteiger partial charge in [0.25, 0.3) is 5.91 Å². The Bertz CT molecular complexity index is 1880. The molecule has 1 aromatic heterocycles. The first-order valence-electron chi connectivity index (χ1n) is 23.6. The molecule has 0 radical (unpaired) electrons. The Morgan fingerprint density at radius 3 is 1.92 bits per heavy atom. The van der Waals surface area contributed by atoms with Crippen molar-refractivity contribution in [1.82, 2.24) is 15.2 Å². The van der Waals surface area contributed by atoms with Crippen LogP contribution in [0, 0.1) is 5.82 Å². The monoisotopic (exact) mass is 851 g/mol. The van der Waals surface area contributed by atoms with Crippen LogP contribution in [0.4, 0.5) is 10.1 Å². The van der Waals surface area contributed by atoms with Crippen molar-refractivity contribution in [1.29, 1.82) is 0 Å². The van der Waals surface area contributed by atoms with E-state index in [1.807, 2.05) is 74.5 Å². The smallest absolute Gasteiger partial charge is 0.258 e. The van der Waals surface area contributed by atoms with Gasteiger partial charge >= 0.3 is 0 Å². The number of unbranched alkanes of at least 4 members (excludes halogenated alkanes) is 12. The molecular formula is C53H75FN4O4. The van der Waals surface area contributed by atoms with Crippen LogP contribution in [0.5, 0.6) is 0 Å². The summed E-state index contributed by atoms with van der Waals surface area (Å²) in [6, 6.07) is 25.2. The minimum atomic E-state index is -1.02. The Morgan fingerprint density at radius 1 is 0.694 bits per heavy atom. The number of rotatable bonds is 31. The number of nitrogens with one attached hydrogen (secondary N) is 3. The van der Waals surface area contributed by atoms with Gasteiger partial charge in [0.05, 0.1) is 29.9 Å². The molecule has 0 unspecified atom stereocenters. The number of allylic oxidation sites excluding steroid dienone is 2. The molecule has 0 bridgehead atoms. The molecular weight excluding hydrogens is 776 g/mol. The molecule has 0 aliphatic rings. The van der Waals surface area contributed by atoms with Crippen molar-refractivity contribution in [3.8, 4) is 22.4 Å². The molecule has 2 amide bonds. The van der Waals surface area contributed by atoms with E-state index in [0.717, 1.165) is 41.0 Å². The van der Waals surface area contributed by atoms with Crippen LogP contribution in [0.3, 0.4) is 0 Å². The van der Waals surface area contributed by atoms with Crippen LogP contribution in [0.1, 0.15) is 152 Å². The first-order chi connectivity index (χ1) is 30.2. The van der Waals surface area contributed by atoms with E-state index < -0.39 is 12.2 Å². The van der Waals surface area contributed by atoms with Gasteiger partial charge in [0.1, 0.15) is 5.82 Å². The second-order valence-corrected chi connectivity index (χ2v) is 17.1. The number of carbonyl (C=O) groups excluding carboxylic acids is 2. The van der Waals surface area contributed by atoms with Crippen LogP contribution >= 0.6 is 0 Å². The summed E-state index contributed by atoms with van der Waals surface area (Å²) < 4.78 is 16.3. The molecule has 0 fully saturated rings. The molecule has 338 valence electrons. The number of anilines is 1. The first-order valence-corrected chi connectivity index (χ1v) is 23.6. The van der Waals surface area contributed by atoms with Crippen LogP contribution in [0.15, 0.2) is 97.1 Å². The highest BCUT2D eigenvalue weighted by Crippen LogP contribution is 2.42. The molecule has 0 aliphatic carbocycles. The number of halogens is 1. The summed E-state index contributed by atoms with van der Waals surface area (Å²) in [6.45, 7) is 8.70. The van der Waals surface area contributed by atoms with E-state index in [4.69, 9.17) is 0 Å². The van der Waals surface area contributed by atoms with Crippen molar-refractivity contribution in [2.24, 2.45) is 0 Å². The van der Waals surface area contributed by atoms with Crippen LogP contribution in [-0.4, -0.2) is 58.4 Å². The summed E-state index contributed by atoms with van der Waals surface area (Å²) in [6.07, 6.45) is 21.0. The van der Waals surface area contributed by atoms with Crippen molar-refractivity contribution in [2.45, 2.75) is 155 Å². The number of aromatic nitrogens is 1. The number of benzene rings is 3. The van der Waals surface area contributed by atoms with Crippen LogP contribution in [-0.2, 0) is 11.3 Å². The maximum atomic E-state index is 14.3. The lowest BCUT2D eigenvalue weighted by Gasteiger charge is -2.20. The standard InChI is InChI=1S/C53H75FN4O4/c1-4-5-6-7-8-9-10-11-12-13-14-15-16-17-18-25-35-55-36-37-56-48(61)40-47(60)39-46(59)34-38-58-51(41(2)3)50(53(62)57-45-28-23-20-24-29-45)49(42-26-21-19-22-27-42)52(58)43-30-32-44(54)33-31-43/h11-12,19-24,26-33,41,46-47,55,59-60H,4-10,13-18,25,34-40H2,1-3H3,(H,56,61)(H,57,62)/b12-11-/t46-,47-/m1/s1. The van der Waals surface area contributed by atoms with Gasteiger partial charge in [0.15, 0.2) is 0 Å². The molecule has 8 nitrogen and oxygen atoms in total. The van der Waals surface area contributed by atoms with Gasteiger partial charge in [0, 0.05) is 36.6 Å². The predicted molar refractivity (Wildman–Crippen MR) is 255 cm³/mol. The van der Waals surface area contributed by atoms with Gasteiger partial charge in [-0.25, -0.2) is 4.39 Å². The van der Waals surface area contributed by atoms with E-state index in [2.05, 4.69) is 39.6 Å². The van der Waals surface area contributed by atoms with Gasteiger partial charge in [0.2, 0.25) is 5.91 Å². The number of amides is 2. The third-order valence-electron chi connectivity index (χ3n) is 11.4. The average molecular weight is 851 g/mol. The quantitative estimate of drug-likeness (QED) is 0.0255. The molecule has 2 atom stereocenters. The Labute approximate surface area is 371 Å². The highest BCUT2D eigenvalue weighted by atomic mass is 19.1. The van der Waals surface area contributed by atoms with Gasteiger partial charge in [-0.2, -0.15) is 0 Å². The Kier molecular flexibility index (Phi) is 23.4. The van der Waals surface area contributed by atoms with E-state index in [9.17, 15) is 24.2 Å². The molecule has 0 aliphatic heterocycles. The van der Waals surface area contributed by atoms with Crippen molar-refractivity contribution in [2.75, 3.05) is 25.0 Å². The second kappa shape index (κ2) is 28.9. The number of hydrogen-bond acceptors (Lipinski definition) is 5. The number of nitrogens with zero attached hydrogens (tertiary/aromatic N) is 1. The fourth-order valence-electron chi connectivity index (χ4n) is 8.20. The number of aliphatic hydroxyl groups excluding tert-OH is 2. The predicted octanol–water partition coefficient (Wildman–Crippen LogP) is 12.0. The van der Waals surface area contributed by atoms with E-state index in [0.29, 0.717) is 30.9 Å². The van der Waals surface area contributed by atoms with E-state index in [1.54, 1.807) is 12.1 Å². The number of carbonyl (C=O) groups is 2. The minimum Gasteiger partial charge on any atom is -0.393 e. The number of para-hydroxylation sites is 1. The molecule has 0 saturated carbocycles. The fraction of sp³-hybridized carbons (Fsp3) is 0.509. The van der Waals surface area contributed by atoms with Gasteiger partial charge < -0.3 is 30.7 Å². The summed E-state index contributed by atoms with van der Waals surface area (Å²) in [5.41, 5.74) is 4.99. The fourth-order valence-corrected chi connectivity index (χ4v) is 8.20. The summed E-state index contributed by atoms with van der Waals surface area (Å²) >= 11 is 0. The SMILES string of the molecule is CCCCCCCC/C=C\CCCCCCCCNCCNC(=O)C[C@H](O)C[C@H](O)CCn1c(-c2ccc(F)cc2)c(-c2ccccc2)c(C(=O)Nc2ccccc2)c1C(C)C. The summed E-state index contributed by atoms with van der Waals surface area (Å²) in [4.78, 5) is 27.0. The van der Waals surface area contributed by atoms with Crippen molar-refractivity contribution < 1.29 is 24.2 Å². The van der Waals surface area contributed by atoms with E-state index >= 15 is 0 Å². The highest BCUT2D eigenvalue weighted by molar-refractivity contribution is 6.12. The van der Waals surface area contributed by atoms with Crippen molar-refractivity contribution in [3.63, 3.8) is 0 Å². The van der Waals surface area contributed by atoms with Crippen LogP contribution in [0.2, 0.25) is 0 Å². The van der Waals surface area contributed by atoms with Gasteiger partial charge in [-0.05, 0) is 105 Å². The minimum absolute atomic E-state index is 0.0265. The molecule has 1 heterocycles. The van der Waals surface area contributed by atoms with Crippen molar-refractivity contribution in [3.05, 3.63) is 114 Å². The Balaban J connectivity index is 1.22. The normalized spacial score (nSPS) is 12.6. The van der Waals surface area contributed by atoms with Crippen LogP contribution in [0.25, 0.3) is 22.4 Å². The van der Waals surface area contributed by atoms with Gasteiger partial charge in [-0.3, -0.25) is 9.59 Å². The zero-order chi connectivity index (χ0) is 44.4. The third kappa shape index (κ3) is 17.7. The Hall–Kier alpha value is -4.57. The number of hydrogen-bond donors (Lipinski definition) is 5. The van der Waals surface area contributed by atoms with Gasteiger partial charge in [-0.1, -0.05) is 139 Å². The lowest BCUT2D eigenvalue weighted by molar-refractivity contribution is -0.123. The van der Waals surface area contributed by atoms with Gasteiger partial charge in [-0.15, -0.1) is 0 Å². The molecule has 62 heavy (non-hydrogen) atoms. The molecule has 5 N–H and O–H groups in total. The molecule has 4 rings (SSSR count). The maximum absolute atomic E-state index is 14.3. The first kappa shape index (κ1) is 50.1. The number of aliphatic hydroxyl groups is 2. The second-order valence-electron chi connectivity index (χ2n) is 17.1. The van der Waals surface area contributed by atoms with Crippen LogP contribution < -0.4 is 16.0 Å². The van der Waals surface area contributed by atoms with Crippen molar-refractivity contribution >= 4 is 17.5 Å². The Morgan fingerprint density at radius 2 is 1.29 bits per heavy atom. The maximum Gasteiger partial charge on any atom is 0.258 e. The zero-order valence-electron chi connectivity index (χ0n) is 37.9. The summed E-state index contributed by atoms with van der Waals surface area (Å²) in [5, 5.41) is 31.4. The largest absolute Gasteiger partial charge is 0.393 e. The van der Waals surface area contributed by atoms with E-state index in [-0.39, 0.29) is 42.8 Å². The molecule has 9 heteroatoms. The summed E-state index contributed by atoms with van der Waals surface area (Å²) in [5.74, 6) is -0.989. The van der Waals surface area contributed by atoms with E-state index in [1.165, 1.54) is 95.6 Å². The average Bonchev–Trinajstić information content (AvgIpc) is 3.61. The topological polar surface area (TPSA) is 116 Å². The zero-order valence-corrected chi connectivity index (χ0v) is 37.9. The molecule has 4 aromatic rings.